The zero-order valence-corrected chi connectivity index (χ0v) is 13.3. The lowest BCUT2D eigenvalue weighted by Gasteiger charge is -2.15. The molecule has 0 aliphatic heterocycles. The number of carbonyl (C=O) groups excluding carboxylic acids is 2. The first-order chi connectivity index (χ1) is 10.5. The average molecular weight is 303 g/mol. The fourth-order valence-electron chi connectivity index (χ4n) is 2.82. The summed E-state index contributed by atoms with van der Waals surface area (Å²) in [4.78, 5) is 23.9. The molecule has 120 valence electrons. The van der Waals surface area contributed by atoms with Crippen LogP contribution in [0.4, 0.5) is 5.69 Å². The standard InChI is InChI=1S/C17H25N3O2/c1-11(2)19-17(22)12-6-8-14(9-7-12)20-16(21)10-13-4-3-5-15(13)18/h6-9,11,13,15H,3-5,10,18H2,1-2H3,(H,19,22)(H,20,21)/t13-,15+/m0/s1. The summed E-state index contributed by atoms with van der Waals surface area (Å²) in [5, 5.41) is 5.70. The molecule has 0 spiro atoms. The number of amides is 2. The highest BCUT2D eigenvalue weighted by Gasteiger charge is 2.25. The van der Waals surface area contributed by atoms with Crippen molar-refractivity contribution >= 4 is 17.5 Å². The van der Waals surface area contributed by atoms with Gasteiger partial charge in [0, 0.05) is 29.8 Å². The van der Waals surface area contributed by atoms with Crippen molar-refractivity contribution in [3.05, 3.63) is 29.8 Å². The third-order valence-electron chi connectivity index (χ3n) is 4.02. The molecular formula is C17H25N3O2. The highest BCUT2D eigenvalue weighted by atomic mass is 16.2. The van der Waals surface area contributed by atoms with Crippen LogP contribution in [0.1, 0.15) is 49.9 Å². The van der Waals surface area contributed by atoms with Crippen LogP contribution in [0, 0.1) is 5.92 Å². The van der Waals surface area contributed by atoms with Crippen LogP contribution in [0.5, 0.6) is 0 Å². The summed E-state index contributed by atoms with van der Waals surface area (Å²) in [6.45, 7) is 3.83. The van der Waals surface area contributed by atoms with Crippen molar-refractivity contribution in [3.63, 3.8) is 0 Å². The van der Waals surface area contributed by atoms with Crippen LogP contribution in [-0.4, -0.2) is 23.9 Å². The summed E-state index contributed by atoms with van der Waals surface area (Å²) >= 11 is 0. The van der Waals surface area contributed by atoms with Crippen LogP contribution < -0.4 is 16.4 Å². The molecule has 1 fully saturated rings. The SMILES string of the molecule is CC(C)NC(=O)c1ccc(NC(=O)C[C@@H]2CCC[C@H]2N)cc1. The van der Waals surface area contributed by atoms with Crippen LogP contribution in [0.15, 0.2) is 24.3 Å². The molecule has 22 heavy (non-hydrogen) atoms. The maximum atomic E-state index is 12.0. The van der Waals surface area contributed by atoms with Crippen LogP contribution in [0.25, 0.3) is 0 Å². The number of anilines is 1. The third kappa shape index (κ3) is 4.56. The molecule has 0 aromatic heterocycles. The van der Waals surface area contributed by atoms with Crippen molar-refractivity contribution in [2.45, 2.75) is 51.6 Å². The number of rotatable bonds is 5. The van der Waals surface area contributed by atoms with Crippen LogP contribution in [0.3, 0.4) is 0 Å². The lowest BCUT2D eigenvalue weighted by Crippen LogP contribution is -2.30. The van der Waals surface area contributed by atoms with E-state index in [4.69, 9.17) is 5.73 Å². The lowest BCUT2D eigenvalue weighted by molar-refractivity contribution is -0.117. The van der Waals surface area contributed by atoms with Gasteiger partial charge in [-0.2, -0.15) is 0 Å². The molecule has 5 nitrogen and oxygen atoms in total. The van der Waals surface area contributed by atoms with Gasteiger partial charge in [0.25, 0.3) is 5.91 Å². The van der Waals surface area contributed by atoms with E-state index in [9.17, 15) is 9.59 Å². The van der Waals surface area contributed by atoms with Crippen molar-refractivity contribution in [2.75, 3.05) is 5.32 Å². The Morgan fingerprint density at radius 3 is 2.45 bits per heavy atom. The second kappa shape index (κ2) is 7.40. The number of hydrogen-bond acceptors (Lipinski definition) is 3. The fourth-order valence-corrected chi connectivity index (χ4v) is 2.82. The summed E-state index contributed by atoms with van der Waals surface area (Å²) < 4.78 is 0. The van der Waals surface area contributed by atoms with Gasteiger partial charge in [-0.1, -0.05) is 6.42 Å². The molecule has 2 atom stereocenters. The van der Waals surface area contributed by atoms with Crippen molar-refractivity contribution in [3.8, 4) is 0 Å². The Bertz CT molecular complexity index is 525. The predicted octanol–water partition coefficient (Wildman–Crippen LogP) is 2.28. The van der Waals surface area contributed by atoms with Crippen molar-refractivity contribution in [2.24, 2.45) is 11.7 Å². The fraction of sp³-hybridized carbons (Fsp3) is 0.529. The molecule has 2 rings (SSSR count). The molecule has 1 aromatic rings. The minimum absolute atomic E-state index is 0.0123. The van der Waals surface area contributed by atoms with E-state index in [1.807, 2.05) is 13.8 Å². The Kier molecular flexibility index (Phi) is 5.55. The van der Waals surface area contributed by atoms with Gasteiger partial charge in [0.2, 0.25) is 5.91 Å². The second-order valence-electron chi connectivity index (χ2n) is 6.31. The Labute approximate surface area is 131 Å². The van der Waals surface area contributed by atoms with Gasteiger partial charge < -0.3 is 16.4 Å². The molecule has 1 aliphatic rings. The summed E-state index contributed by atoms with van der Waals surface area (Å²) in [6, 6.07) is 7.18. The highest BCUT2D eigenvalue weighted by Crippen LogP contribution is 2.27. The minimum atomic E-state index is -0.107. The molecule has 0 radical (unpaired) electrons. The van der Waals surface area contributed by atoms with E-state index in [0.29, 0.717) is 17.7 Å². The molecule has 4 N–H and O–H groups in total. The van der Waals surface area contributed by atoms with Gasteiger partial charge in [-0.25, -0.2) is 0 Å². The lowest BCUT2D eigenvalue weighted by atomic mass is 10.00. The number of nitrogens with one attached hydrogen (secondary N) is 2. The third-order valence-corrected chi connectivity index (χ3v) is 4.02. The predicted molar refractivity (Wildman–Crippen MR) is 87.6 cm³/mol. The topological polar surface area (TPSA) is 84.2 Å². The number of benzene rings is 1. The smallest absolute Gasteiger partial charge is 0.251 e. The van der Waals surface area contributed by atoms with Gasteiger partial charge >= 0.3 is 0 Å². The summed E-state index contributed by atoms with van der Waals surface area (Å²) in [7, 11) is 0. The Morgan fingerprint density at radius 1 is 1.23 bits per heavy atom. The van der Waals surface area contributed by atoms with E-state index >= 15 is 0 Å². The minimum Gasteiger partial charge on any atom is -0.350 e. The van der Waals surface area contributed by atoms with E-state index in [0.717, 1.165) is 19.3 Å². The van der Waals surface area contributed by atoms with Crippen LogP contribution >= 0.6 is 0 Å². The maximum absolute atomic E-state index is 12.0. The van der Waals surface area contributed by atoms with Crippen molar-refractivity contribution in [1.29, 1.82) is 0 Å². The van der Waals surface area contributed by atoms with E-state index in [1.165, 1.54) is 0 Å². The quantitative estimate of drug-likeness (QED) is 0.780. The Hall–Kier alpha value is -1.88. The Morgan fingerprint density at radius 2 is 1.91 bits per heavy atom. The summed E-state index contributed by atoms with van der Waals surface area (Å²) in [5.74, 6) is 0.169. The monoisotopic (exact) mass is 303 g/mol. The molecular weight excluding hydrogens is 278 g/mol. The molecule has 1 saturated carbocycles. The second-order valence-corrected chi connectivity index (χ2v) is 6.31. The molecule has 2 amide bonds. The van der Waals surface area contributed by atoms with Gasteiger partial charge in [0.15, 0.2) is 0 Å². The Balaban J connectivity index is 1.88. The molecule has 1 aromatic carbocycles. The van der Waals surface area contributed by atoms with Gasteiger partial charge in [-0.05, 0) is 56.9 Å². The van der Waals surface area contributed by atoms with Gasteiger partial charge in [0.05, 0.1) is 0 Å². The number of carbonyl (C=O) groups is 2. The van der Waals surface area contributed by atoms with Crippen LogP contribution in [0.2, 0.25) is 0 Å². The highest BCUT2D eigenvalue weighted by molar-refractivity contribution is 5.96. The van der Waals surface area contributed by atoms with Gasteiger partial charge in [0.1, 0.15) is 0 Å². The molecule has 0 saturated heterocycles. The average Bonchev–Trinajstić information content (AvgIpc) is 2.84. The first-order valence-electron chi connectivity index (χ1n) is 7.92. The first kappa shape index (κ1) is 16.5. The molecule has 1 aliphatic carbocycles. The summed E-state index contributed by atoms with van der Waals surface area (Å²) in [5.41, 5.74) is 7.28. The zero-order valence-electron chi connectivity index (χ0n) is 13.3. The zero-order chi connectivity index (χ0) is 16.1. The van der Waals surface area contributed by atoms with E-state index in [-0.39, 0.29) is 29.8 Å². The van der Waals surface area contributed by atoms with Crippen LogP contribution in [-0.2, 0) is 4.79 Å². The number of nitrogens with two attached hydrogens (primary N) is 1. The van der Waals surface area contributed by atoms with Gasteiger partial charge in [-0.3, -0.25) is 9.59 Å². The normalized spacial score (nSPS) is 20.9. The molecule has 0 bridgehead atoms. The first-order valence-corrected chi connectivity index (χ1v) is 7.92. The molecule has 5 heteroatoms. The number of hydrogen-bond donors (Lipinski definition) is 3. The molecule has 0 unspecified atom stereocenters. The van der Waals surface area contributed by atoms with Crippen molar-refractivity contribution < 1.29 is 9.59 Å². The largest absolute Gasteiger partial charge is 0.350 e. The maximum Gasteiger partial charge on any atom is 0.251 e. The van der Waals surface area contributed by atoms with E-state index in [2.05, 4.69) is 10.6 Å². The van der Waals surface area contributed by atoms with E-state index < -0.39 is 0 Å². The molecule has 0 heterocycles. The summed E-state index contributed by atoms with van der Waals surface area (Å²) in [6.07, 6.45) is 3.62. The van der Waals surface area contributed by atoms with Crippen molar-refractivity contribution in [1.82, 2.24) is 5.32 Å². The van der Waals surface area contributed by atoms with Gasteiger partial charge in [-0.15, -0.1) is 0 Å². The van der Waals surface area contributed by atoms with E-state index in [1.54, 1.807) is 24.3 Å².